The number of H-pyrrole nitrogens is 1. The van der Waals surface area contributed by atoms with E-state index in [1.54, 1.807) is 30.5 Å². The first-order chi connectivity index (χ1) is 20.3. The second-order valence-electron chi connectivity index (χ2n) is 10.2. The summed E-state index contributed by atoms with van der Waals surface area (Å²) in [5, 5.41) is 46.4. The van der Waals surface area contributed by atoms with Crippen LogP contribution in [0.3, 0.4) is 0 Å². The van der Waals surface area contributed by atoms with Crippen molar-refractivity contribution >= 4 is 40.6 Å². The average molecular weight is 598 g/mol. The van der Waals surface area contributed by atoms with Crippen LogP contribution in [0.5, 0.6) is 5.75 Å². The number of carboxylic acid groups (broad SMARTS) is 2. The van der Waals surface area contributed by atoms with Gasteiger partial charge in [-0.3, -0.25) is 19.2 Å². The van der Waals surface area contributed by atoms with E-state index in [-0.39, 0.29) is 25.0 Å². The number of fused-ring (bicyclic) bond motifs is 1. The third kappa shape index (κ3) is 9.28. The summed E-state index contributed by atoms with van der Waals surface area (Å²) in [7, 11) is 0. The molecule has 14 nitrogen and oxygen atoms in total. The lowest BCUT2D eigenvalue weighted by Crippen LogP contribution is -2.60. The number of aliphatic hydroxyl groups excluding tert-OH is 1. The van der Waals surface area contributed by atoms with E-state index >= 15 is 0 Å². The molecule has 5 atom stereocenters. The Morgan fingerprint density at radius 2 is 1.51 bits per heavy atom. The van der Waals surface area contributed by atoms with Crippen LogP contribution in [0.15, 0.2) is 54.7 Å². The van der Waals surface area contributed by atoms with Crippen LogP contribution >= 0.6 is 0 Å². The minimum Gasteiger partial charge on any atom is -0.508 e. The Labute approximate surface area is 246 Å². The summed E-state index contributed by atoms with van der Waals surface area (Å²) in [6.07, 6.45) is -0.775. The number of carboxylic acids is 2. The van der Waals surface area contributed by atoms with Gasteiger partial charge in [-0.1, -0.05) is 30.3 Å². The Bertz CT molecular complexity index is 1450. The molecule has 43 heavy (non-hydrogen) atoms. The van der Waals surface area contributed by atoms with Crippen LogP contribution in [-0.2, 0) is 36.8 Å². The van der Waals surface area contributed by atoms with Crippen LogP contribution < -0.4 is 21.7 Å². The maximum atomic E-state index is 13.2. The molecule has 0 spiro atoms. The number of aromatic amines is 1. The van der Waals surface area contributed by atoms with Crippen LogP contribution in [0.25, 0.3) is 10.9 Å². The third-order valence-corrected chi connectivity index (χ3v) is 6.78. The molecule has 14 heteroatoms. The van der Waals surface area contributed by atoms with E-state index < -0.39 is 66.4 Å². The van der Waals surface area contributed by atoms with Crippen molar-refractivity contribution in [3.63, 3.8) is 0 Å². The smallest absolute Gasteiger partial charge is 0.326 e. The first-order valence-electron chi connectivity index (χ1n) is 13.5. The van der Waals surface area contributed by atoms with Crippen LogP contribution in [0, 0.1) is 0 Å². The molecule has 5 unspecified atom stereocenters. The van der Waals surface area contributed by atoms with Crippen molar-refractivity contribution in [2.24, 2.45) is 5.73 Å². The van der Waals surface area contributed by atoms with Crippen LogP contribution in [0.2, 0.25) is 0 Å². The molecule has 0 saturated heterocycles. The molecular weight excluding hydrogens is 562 g/mol. The fourth-order valence-electron chi connectivity index (χ4n) is 4.44. The van der Waals surface area contributed by atoms with E-state index in [0.29, 0.717) is 11.1 Å². The van der Waals surface area contributed by atoms with Gasteiger partial charge < -0.3 is 47.1 Å². The molecule has 0 radical (unpaired) electrons. The number of carbonyl (C=O) groups is 5. The maximum Gasteiger partial charge on any atom is 0.326 e. The molecule has 0 bridgehead atoms. The fourth-order valence-corrected chi connectivity index (χ4v) is 4.44. The van der Waals surface area contributed by atoms with E-state index in [2.05, 4.69) is 20.9 Å². The van der Waals surface area contributed by atoms with Gasteiger partial charge in [0.05, 0.1) is 12.1 Å². The number of hydrogen-bond donors (Lipinski definition) is 9. The van der Waals surface area contributed by atoms with Gasteiger partial charge in [0.15, 0.2) is 0 Å². The first-order valence-corrected chi connectivity index (χ1v) is 13.5. The molecule has 2 aromatic carbocycles. The number of hydrogen-bond acceptors (Lipinski definition) is 8. The molecular formula is C29H35N5O9. The van der Waals surface area contributed by atoms with E-state index in [0.717, 1.165) is 10.9 Å². The lowest BCUT2D eigenvalue weighted by atomic mass is 10.0. The number of aliphatic hydroxyl groups is 1. The highest BCUT2D eigenvalue weighted by molar-refractivity contribution is 5.95. The number of rotatable bonds is 15. The topological polar surface area (TPSA) is 244 Å². The molecule has 0 saturated carbocycles. The lowest BCUT2D eigenvalue weighted by molar-refractivity contribution is -0.143. The van der Waals surface area contributed by atoms with Gasteiger partial charge in [0.2, 0.25) is 17.7 Å². The minimum atomic E-state index is -1.63. The van der Waals surface area contributed by atoms with Crippen molar-refractivity contribution < 1.29 is 44.4 Å². The molecule has 1 heterocycles. The normalized spacial score (nSPS) is 14.6. The third-order valence-electron chi connectivity index (χ3n) is 6.78. The molecule has 0 aliphatic rings. The van der Waals surface area contributed by atoms with Crippen molar-refractivity contribution in [1.82, 2.24) is 20.9 Å². The predicted molar refractivity (Wildman–Crippen MR) is 154 cm³/mol. The predicted octanol–water partition coefficient (Wildman–Crippen LogP) is -0.229. The Balaban J connectivity index is 1.70. The first kappa shape index (κ1) is 32.6. The van der Waals surface area contributed by atoms with Gasteiger partial charge in [-0.25, -0.2) is 4.79 Å². The Hall–Kier alpha value is -4.95. The number of nitrogens with one attached hydrogen (secondary N) is 4. The van der Waals surface area contributed by atoms with Crippen LogP contribution in [-0.4, -0.2) is 85.3 Å². The van der Waals surface area contributed by atoms with Crippen molar-refractivity contribution in [3.05, 3.63) is 65.9 Å². The van der Waals surface area contributed by atoms with Crippen LogP contribution in [0.4, 0.5) is 0 Å². The number of aliphatic carboxylic acids is 2. The van der Waals surface area contributed by atoms with E-state index in [1.165, 1.54) is 19.1 Å². The molecule has 3 aromatic rings. The van der Waals surface area contributed by atoms with Gasteiger partial charge in [-0.05, 0) is 49.1 Å². The number of benzene rings is 2. The average Bonchev–Trinajstić information content (AvgIpc) is 3.36. The summed E-state index contributed by atoms with van der Waals surface area (Å²) in [5.74, 6) is -5.31. The number of aromatic nitrogens is 1. The second kappa shape index (κ2) is 14.8. The van der Waals surface area contributed by atoms with E-state index in [9.17, 15) is 39.3 Å². The zero-order valence-corrected chi connectivity index (χ0v) is 23.3. The molecule has 0 aliphatic carbocycles. The number of aromatic hydroxyl groups is 1. The van der Waals surface area contributed by atoms with Crippen LogP contribution in [0.1, 0.15) is 30.9 Å². The number of carbonyl (C=O) groups excluding carboxylic acids is 3. The highest BCUT2D eigenvalue weighted by Crippen LogP contribution is 2.19. The highest BCUT2D eigenvalue weighted by atomic mass is 16.4. The van der Waals surface area contributed by atoms with Gasteiger partial charge in [-0.15, -0.1) is 0 Å². The molecule has 0 aliphatic heterocycles. The number of nitrogens with two attached hydrogens (primary N) is 1. The summed E-state index contributed by atoms with van der Waals surface area (Å²) >= 11 is 0. The number of phenols is 1. The standard InChI is InChI=1S/C29H35N5O9/c1-15(35)25(28(41)33-23(29(42)43)13-17-14-31-21-5-3-2-4-19(17)21)34-27(40)22(10-11-24(37)38)32-26(39)20(30)12-16-6-8-18(36)9-7-16/h2-9,14-15,20,22-23,25,31,35-36H,10-13,30H2,1H3,(H,32,39)(H,33,41)(H,34,40)(H,37,38)(H,42,43). The van der Waals surface area contributed by atoms with Crippen molar-refractivity contribution in [2.75, 3.05) is 0 Å². The molecule has 3 rings (SSSR count). The second-order valence-corrected chi connectivity index (χ2v) is 10.2. The molecule has 3 amide bonds. The van der Waals surface area contributed by atoms with Gasteiger partial charge in [0.1, 0.15) is 23.9 Å². The summed E-state index contributed by atoms with van der Waals surface area (Å²) in [5.41, 5.74) is 8.00. The highest BCUT2D eigenvalue weighted by Gasteiger charge is 2.33. The molecule has 1 aromatic heterocycles. The Morgan fingerprint density at radius 3 is 2.14 bits per heavy atom. The summed E-state index contributed by atoms with van der Waals surface area (Å²) in [4.78, 5) is 65.3. The Morgan fingerprint density at radius 1 is 0.860 bits per heavy atom. The van der Waals surface area contributed by atoms with Gasteiger partial charge in [0.25, 0.3) is 0 Å². The van der Waals surface area contributed by atoms with Crippen molar-refractivity contribution in [1.29, 1.82) is 0 Å². The maximum absolute atomic E-state index is 13.2. The summed E-state index contributed by atoms with van der Waals surface area (Å²) < 4.78 is 0. The monoisotopic (exact) mass is 597 g/mol. The summed E-state index contributed by atoms with van der Waals surface area (Å²) in [6.45, 7) is 1.21. The van der Waals surface area contributed by atoms with E-state index in [1.807, 2.05) is 12.1 Å². The quantitative estimate of drug-likeness (QED) is 0.111. The largest absolute Gasteiger partial charge is 0.508 e. The number of para-hydroxylation sites is 1. The zero-order valence-electron chi connectivity index (χ0n) is 23.3. The molecule has 230 valence electrons. The molecule has 0 fully saturated rings. The van der Waals surface area contributed by atoms with Gasteiger partial charge in [-0.2, -0.15) is 0 Å². The number of phenolic OH excluding ortho intramolecular Hbond substituents is 1. The van der Waals surface area contributed by atoms with Gasteiger partial charge >= 0.3 is 11.9 Å². The number of amides is 3. The zero-order chi connectivity index (χ0) is 31.7. The minimum absolute atomic E-state index is 0.0246. The van der Waals surface area contributed by atoms with E-state index in [4.69, 9.17) is 10.8 Å². The van der Waals surface area contributed by atoms with Crippen molar-refractivity contribution in [2.45, 2.75) is 62.9 Å². The fraction of sp³-hybridized carbons (Fsp3) is 0.345. The van der Waals surface area contributed by atoms with Gasteiger partial charge in [0, 0.05) is 29.9 Å². The lowest BCUT2D eigenvalue weighted by Gasteiger charge is -2.26. The molecule has 10 N–H and O–H groups in total. The SMILES string of the molecule is CC(O)C(NC(=O)C(CCC(=O)O)NC(=O)C(N)Cc1ccc(O)cc1)C(=O)NC(Cc1c[nH]c2ccccc12)C(=O)O. The summed E-state index contributed by atoms with van der Waals surface area (Å²) in [6, 6.07) is 7.53. The Kier molecular flexibility index (Phi) is 11.2. The van der Waals surface area contributed by atoms with Crippen molar-refractivity contribution in [3.8, 4) is 5.75 Å².